The van der Waals surface area contributed by atoms with E-state index in [1.54, 1.807) is 6.07 Å². The lowest BCUT2D eigenvalue weighted by molar-refractivity contribution is 0.627. The van der Waals surface area contributed by atoms with Crippen LogP contribution in [0.15, 0.2) is 18.2 Å². The Morgan fingerprint density at radius 1 is 1.42 bits per heavy atom. The van der Waals surface area contributed by atoms with Crippen LogP contribution in [0.3, 0.4) is 0 Å². The summed E-state index contributed by atoms with van der Waals surface area (Å²) in [5, 5.41) is 0.940. The molecule has 0 heterocycles. The van der Waals surface area contributed by atoms with Gasteiger partial charge in [-0.3, -0.25) is 0 Å². The van der Waals surface area contributed by atoms with Gasteiger partial charge in [0.2, 0.25) is 0 Å². The van der Waals surface area contributed by atoms with Crippen LogP contribution < -0.4 is 0 Å². The zero-order valence-electron chi connectivity index (χ0n) is 6.07. The molecular formula is C9H5BrClF. The molecule has 1 aromatic rings. The number of benzene rings is 1. The lowest BCUT2D eigenvalue weighted by Crippen LogP contribution is -1.79. The van der Waals surface area contributed by atoms with Crippen LogP contribution in [0.5, 0.6) is 0 Å². The fraction of sp³-hybridized carbons (Fsp3) is 0.111. The Bertz CT molecular complexity index is 318. The van der Waals surface area contributed by atoms with Gasteiger partial charge in [0.1, 0.15) is 5.82 Å². The zero-order valence-corrected chi connectivity index (χ0v) is 8.41. The summed E-state index contributed by atoms with van der Waals surface area (Å²) in [6.07, 6.45) is 0. The number of rotatable bonds is 0. The van der Waals surface area contributed by atoms with Gasteiger partial charge in [-0.05, 0) is 18.2 Å². The lowest BCUT2D eigenvalue weighted by atomic mass is 10.2. The molecule has 0 saturated carbocycles. The molecule has 3 heteroatoms. The standard InChI is InChI=1S/C9H5BrClF/c10-3-1-2-7-4-8(11)6-9(12)5-7/h4-6H,3H2. The van der Waals surface area contributed by atoms with Crippen molar-refractivity contribution in [1.82, 2.24) is 0 Å². The molecule has 0 saturated heterocycles. The summed E-state index contributed by atoms with van der Waals surface area (Å²) in [5.41, 5.74) is 0.597. The highest BCUT2D eigenvalue weighted by atomic mass is 79.9. The van der Waals surface area contributed by atoms with Crippen LogP contribution in [0.25, 0.3) is 0 Å². The van der Waals surface area contributed by atoms with Crippen LogP contribution in [0, 0.1) is 17.7 Å². The van der Waals surface area contributed by atoms with E-state index in [9.17, 15) is 4.39 Å². The van der Waals surface area contributed by atoms with E-state index in [0.717, 1.165) is 0 Å². The predicted molar refractivity (Wildman–Crippen MR) is 52.1 cm³/mol. The third-order valence-corrected chi connectivity index (χ3v) is 1.66. The normalized spacial score (nSPS) is 8.92. The Morgan fingerprint density at radius 3 is 2.75 bits per heavy atom. The van der Waals surface area contributed by atoms with E-state index < -0.39 is 0 Å². The minimum absolute atomic E-state index is 0.360. The highest BCUT2D eigenvalue weighted by Crippen LogP contribution is 2.12. The minimum Gasteiger partial charge on any atom is -0.207 e. The Labute approximate surface area is 83.9 Å². The molecular weight excluding hydrogens is 242 g/mol. The quantitative estimate of drug-likeness (QED) is 0.488. The average Bonchev–Trinajstić information content (AvgIpc) is 1.99. The van der Waals surface area contributed by atoms with E-state index in [1.807, 2.05) is 0 Å². The SMILES string of the molecule is Fc1cc(Cl)cc(C#CCBr)c1. The third kappa shape index (κ3) is 2.84. The van der Waals surface area contributed by atoms with Crippen molar-refractivity contribution < 1.29 is 4.39 Å². The molecule has 0 aliphatic carbocycles. The molecule has 0 nitrogen and oxygen atoms in total. The van der Waals surface area contributed by atoms with E-state index in [4.69, 9.17) is 11.6 Å². The van der Waals surface area contributed by atoms with Crippen LogP contribution in [0.2, 0.25) is 5.02 Å². The van der Waals surface area contributed by atoms with Gasteiger partial charge in [-0.2, -0.15) is 0 Å². The molecule has 0 bridgehead atoms. The van der Waals surface area contributed by atoms with E-state index in [2.05, 4.69) is 27.8 Å². The minimum atomic E-state index is -0.360. The Hall–Kier alpha value is -0.520. The first-order valence-electron chi connectivity index (χ1n) is 3.23. The maximum atomic E-state index is 12.7. The summed E-state index contributed by atoms with van der Waals surface area (Å²) in [6.45, 7) is 0. The zero-order chi connectivity index (χ0) is 8.97. The van der Waals surface area contributed by atoms with Crippen LogP contribution in [0.4, 0.5) is 4.39 Å². The van der Waals surface area contributed by atoms with Crippen molar-refractivity contribution in [2.75, 3.05) is 5.33 Å². The van der Waals surface area contributed by atoms with Crippen molar-refractivity contribution in [2.45, 2.75) is 0 Å². The Balaban J connectivity index is 3.01. The predicted octanol–water partition coefficient (Wildman–Crippen LogP) is 3.23. The summed E-state index contributed by atoms with van der Waals surface area (Å²) in [6, 6.07) is 4.22. The van der Waals surface area contributed by atoms with Crippen LogP contribution in [-0.4, -0.2) is 5.33 Å². The molecule has 0 aromatic heterocycles. The first-order chi connectivity index (χ1) is 5.72. The summed E-state index contributed by atoms with van der Waals surface area (Å²) in [4.78, 5) is 0. The molecule has 0 fully saturated rings. The molecule has 1 aromatic carbocycles. The average molecular weight is 247 g/mol. The van der Waals surface area contributed by atoms with E-state index in [-0.39, 0.29) is 5.82 Å². The molecule has 1 rings (SSSR count). The van der Waals surface area contributed by atoms with Crippen molar-refractivity contribution in [3.63, 3.8) is 0 Å². The molecule has 0 radical (unpaired) electrons. The van der Waals surface area contributed by atoms with E-state index in [0.29, 0.717) is 15.9 Å². The number of hydrogen-bond acceptors (Lipinski definition) is 0. The molecule has 0 unspecified atom stereocenters. The van der Waals surface area contributed by atoms with Gasteiger partial charge in [0.05, 0.1) is 5.33 Å². The third-order valence-electron chi connectivity index (χ3n) is 1.16. The second kappa shape index (κ2) is 4.49. The topological polar surface area (TPSA) is 0 Å². The molecule has 0 aliphatic heterocycles. The van der Waals surface area contributed by atoms with E-state index in [1.165, 1.54) is 12.1 Å². The van der Waals surface area contributed by atoms with Crippen molar-refractivity contribution in [3.8, 4) is 11.8 Å². The van der Waals surface area contributed by atoms with Crippen molar-refractivity contribution in [3.05, 3.63) is 34.6 Å². The summed E-state index contributed by atoms with van der Waals surface area (Å²) >= 11 is 8.75. The molecule has 62 valence electrons. The van der Waals surface area contributed by atoms with Crippen LogP contribution in [0.1, 0.15) is 5.56 Å². The van der Waals surface area contributed by atoms with Gasteiger partial charge < -0.3 is 0 Å². The Kier molecular flexibility index (Phi) is 3.58. The van der Waals surface area contributed by atoms with Crippen LogP contribution in [-0.2, 0) is 0 Å². The lowest BCUT2D eigenvalue weighted by Gasteiger charge is -1.92. The number of halogens is 3. The fourth-order valence-electron chi connectivity index (χ4n) is 0.761. The van der Waals surface area contributed by atoms with Gasteiger partial charge in [-0.15, -0.1) is 0 Å². The molecule has 0 aliphatic rings. The molecule has 12 heavy (non-hydrogen) atoms. The largest absolute Gasteiger partial charge is 0.207 e. The number of alkyl halides is 1. The maximum Gasteiger partial charge on any atom is 0.125 e. The molecule has 0 amide bonds. The highest BCUT2D eigenvalue weighted by Gasteiger charge is 1.95. The van der Waals surface area contributed by atoms with Gasteiger partial charge in [0.25, 0.3) is 0 Å². The number of hydrogen-bond donors (Lipinski definition) is 0. The Morgan fingerprint density at radius 2 is 2.17 bits per heavy atom. The smallest absolute Gasteiger partial charge is 0.125 e. The molecule has 0 atom stereocenters. The monoisotopic (exact) mass is 246 g/mol. The van der Waals surface area contributed by atoms with Gasteiger partial charge in [-0.1, -0.05) is 39.4 Å². The van der Waals surface area contributed by atoms with Crippen molar-refractivity contribution in [1.29, 1.82) is 0 Å². The fourth-order valence-corrected chi connectivity index (χ4v) is 1.12. The first-order valence-corrected chi connectivity index (χ1v) is 4.73. The summed E-state index contributed by atoms with van der Waals surface area (Å²) in [5.74, 6) is 5.16. The molecule has 0 spiro atoms. The van der Waals surface area contributed by atoms with Gasteiger partial charge in [0.15, 0.2) is 0 Å². The first kappa shape index (κ1) is 9.57. The molecule has 0 N–H and O–H groups in total. The maximum absolute atomic E-state index is 12.7. The van der Waals surface area contributed by atoms with Crippen molar-refractivity contribution >= 4 is 27.5 Å². The van der Waals surface area contributed by atoms with Gasteiger partial charge in [-0.25, -0.2) is 4.39 Å². The second-order valence-corrected chi connectivity index (χ2v) is 3.09. The summed E-state index contributed by atoms with van der Waals surface area (Å²) in [7, 11) is 0. The van der Waals surface area contributed by atoms with Gasteiger partial charge in [0, 0.05) is 10.6 Å². The van der Waals surface area contributed by atoms with E-state index >= 15 is 0 Å². The second-order valence-electron chi connectivity index (χ2n) is 2.09. The highest BCUT2D eigenvalue weighted by molar-refractivity contribution is 9.09. The summed E-state index contributed by atoms with van der Waals surface area (Å²) < 4.78 is 12.7. The van der Waals surface area contributed by atoms with Crippen molar-refractivity contribution in [2.24, 2.45) is 0 Å². The van der Waals surface area contributed by atoms with Gasteiger partial charge >= 0.3 is 0 Å². The van der Waals surface area contributed by atoms with Crippen LogP contribution >= 0.6 is 27.5 Å².